The van der Waals surface area contributed by atoms with Crippen LogP contribution in [0.25, 0.3) is 0 Å². The van der Waals surface area contributed by atoms with Crippen molar-refractivity contribution in [1.82, 2.24) is 0 Å². The predicted octanol–water partition coefficient (Wildman–Crippen LogP) is 4.29. The van der Waals surface area contributed by atoms with Gasteiger partial charge in [-0.3, -0.25) is 14.4 Å². The fourth-order valence-corrected chi connectivity index (χ4v) is 6.41. The average Bonchev–Trinajstić information content (AvgIpc) is 3.00. The van der Waals surface area contributed by atoms with Crippen molar-refractivity contribution in [2.75, 3.05) is 0 Å². The summed E-state index contributed by atoms with van der Waals surface area (Å²) in [6.07, 6.45) is 5.15. The lowest BCUT2D eigenvalue weighted by Crippen LogP contribution is -2.57. The summed E-state index contributed by atoms with van der Waals surface area (Å²) < 4.78 is 24.3. The minimum atomic E-state index is -0.950. The lowest BCUT2D eigenvalue weighted by atomic mass is 9.60. The van der Waals surface area contributed by atoms with Gasteiger partial charge < -0.3 is 18.9 Å². The third kappa shape index (κ3) is 5.18. The maximum absolute atomic E-state index is 12.2. The van der Waals surface area contributed by atoms with Crippen LogP contribution >= 0.6 is 0 Å². The van der Waals surface area contributed by atoms with Crippen LogP contribution in [0, 0.1) is 17.8 Å². The number of hydrogen-bond donors (Lipinski definition) is 0. The zero-order valence-corrected chi connectivity index (χ0v) is 21.1. The second-order valence-corrected chi connectivity index (χ2v) is 10.6. The van der Waals surface area contributed by atoms with E-state index in [-0.39, 0.29) is 29.8 Å². The molecular formula is C26H38O7. The van der Waals surface area contributed by atoms with E-state index in [2.05, 4.69) is 13.0 Å². The summed E-state index contributed by atoms with van der Waals surface area (Å²) in [4.78, 5) is 36.2. The van der Waals surface area contributed by atoms with Gasteiger partial charge in [-0.1, -0.05) is 17.2 Å². The van der Waals surface area contributed by atoms with Crippen molar-refractivity contribution >= 4 is 17.9 Å². The Labute approximate surface area is 196 Å². The molecule has 3 aliphatic rings. The Morgan fingerprint density at radius 2 is 1.76 bits per heavy atom. The molecule has 2 aliphatic heterocycles. The molecule has 3 rings (SSSR count). The first-order valence-electron chi connectivity index (χ1n) is 11.8. The van der Waals surface area contributed by atoms with Gasteiger partial charge in [-0.2, -0.15) is 0 Å². The van der Waals surface area contributed by atoms with Gasteiger partial charge in [-0.15, -0.1) is 0 Å². The van der Waals surface area contributed by atoms with Crippen molar-refractivity contribution in [3.63, 3.8) is 0 Å². The quantitative estimate of drug-likeness (QED) is 0.350. The molecule has 0 radical (unpaired) electrons. The largest absolute Gasteiger partial charge is 0.459 e. The minimum absolute atomic E-state index is 0.0120. The van der Waals surface area contributed by atoms with Gasteiger partial charge in [0.25, 0.3) is 0 Å². The molecule has 0 saturated carbocycles. The molecule has 7 heteroatoms. The molecular weight excluding hydrogens is 424 g/mol. The number of allylic oxidation sites excluding steroid dienone is 1. The van der Waals surface area contributed by atoms with Gasteiger partial charge in [0.1, 0.15) is 23.4 Å². The third-order valence-electron chi connectivity index (χ3n) is 7.35. The van der Waals surface area contributed by atoms with Gasteiger partial charge in [0, 0.05) is 38.5 Å². The second-order valence-electron chi connectivity index (χ2n) is 10.6. The fraction of sp³-hybridized carbons (Fsp3) is 0.731. The molecule has 0 aromatic rings. The molecule has 7 atom stereocenters. The van der Waals surface area contributed by atoms with Crippen LogP contribution in [0.1, 0.15) is 74.7 Å². The zero-order chi connectivity index (χ0) is 24.7. The minimum Gasteiger partial charge on any atom is -0.459 e. The molecule has 0 spiro atoms. The van der Waals surface area contributed by atoms with Gasteiger partial charge >= 0.3 is 17.9 Å². The summed E-state index contributed by atoms with van der Waals surface area (Å²) in [7, 11) is 0. The number of fused-ring (bicyclic) bond motifs is 5. The van der Waals surface area contributed by atoms with Crippen LogP contribution in [-0.2, 0) is 33.3 Å². The molecule has 33 heavy (non-hydrogen) atoms. The first-order chi connectivity index (χ1) is 15.2. The van der Waals surface area contributed by atoms with Crippen molar-refractivity contribution in [3.05, 3.63) is 23.3 Å². The first-order valence-corrected chi connectivity index (χ1v) is 11.8. The Morgan fingerprint density at radius 3 is 2.33 bits per heavy atom. The van der Waals surface area contributed by atoms with Crippen molar-refractivity contribution in [2.45, 2.75) is 104 Å². The van der Waals surface area contributed by atoms with Crippen molar-refractivity contribution in [1.29, 1.82) is 0 Å². The number of hydrogen-bond acceptors (Lipinski definition) is 7. The number of esters is 3. The molecule has 1 aliphatic carbocycles. The van der Waals surface area contributed by atoms with E-state index in [9.17, 15) is 14.4 Å². The lowest BCUT2D eigenvalue weighted by molar-refractivity contribution is -0.191. The third-order valence-corrected chi connectivity index (χ3v) is 7.35. The standard InChI is InChI=1S/C26H38O7/c1-14-10-9-11-26(8,33-18(5)29)24-22-21(19(12-14)31-24)15(2)13-20(30-16(3)27)23(22)25(6,7)32-17(4)28/h10,13,19-24H,9,11-12H2,1-8H3/b14-10-/t19-,20+,21+,22-,23-,24-,26+/m0/s1. The first kappa shape index (κ1) is 25.5. The van der Waals surface area contributed by atoms with E-state index in [0.29, 0.717) is 6.42 Å². The molecule has 0 unspecified atom stereocenters. The Hall–Kier alpha value is -2.15. The van der Waals surface area contributed by atoms with Crippen LogP contribution in [0.5, 0.6) is 0 Å². The number of carbonyl (C=O) groups excluding carboxylic acids is 3. The van der Waals surface area contributed by atoms with Crippen molar-refractivity contribution in [3.8, 4) is 0 Å². The van der Waals surface area contributed by atoms with E-state index in [1.54, 1.807) is 0 Å². The van der Waals surface area contributed by atoms with Crippen LogP contribution in [0.15, 0.2) is 23.3 Å². The highest BCUT2D eigenvalue weighted by molar-refractivity contribution is 5.67. The Bertz CT molecular complexity index is 870. The topological polar surface area (TPSA) is 88.1 Å². The zero-order valence-electron chi connectivity index (χ0n) is 21.1. The van der Waals surface area contributed by atoms with Crippen LogP contribution < -0.4 is 0 Å². The molecule has 184 valence electrons. The summed E-state index contributed by atoms with van der Waals surface area (Å²) in [5.41, 5.74) is 0.479. The van der Waals surface area contributed by atoms with Crippen molar-refractivity contribution < 1.29 is 33.3 Å². The summed E-state index contributed by atoms with van der Waals surface area (Å²) in [5.74, 6) is -1.73. The molecule has 0 N–H and O–H groups in total. The lowest BCUT2D eigenvalue weighted by Gasteiger charge is -2.49. The summed E-state index contributed by atoms with van der Waals surface area (Å²) in [6.45, 7) is 13.9. The highest BCUT2D eigenvalue weighted by Crippen LogP contribution is 2.55. The number of ether oxygens (including phenoxy) is 4. The Balaban J connectivity index is 2.20. The van der Waals surface area contributed by atoms with E-state index in [4.69, 9.17) is 18.9 Å². The van der Waals surface area contributed by atoms with Gasteiger partial charge in [0.05, 0.1) is 6.10 Å². The SMILES string of the molecule is CC(=O)O[C@@H]1C=C(C)[C@H]2[C@@H]([C@H]1C(C)(C)OC(C)=O)[C@@H]1O[C@H]2C/C(C)=C\CC[C@@]1(C)OC(C)=O. The molecule has 2 heterocycles. The molecule has 0 amide bonds. The summed E-state index contributed by atoms with van der Waals surface area (Å²) >= 11 is 0. The van der Waals surface area contributed by atoms with Gasteiger partial charge in [-0.05, 0) is 60.0 Å². The van der Waals surface area contributed by atoms with Gasteiger partial charge in [-0.25, -0.2) is 0 Å². The normalized spacial score (nSPS) is 37.8. The monoisotopic (exact) mass is 462 g/mol. The van der Waals surface area contributed by atoms with Crippen LogP contribution in [0.2, 0.25) is 0 Å². The smallest absolute Gasteiger partial charge is 0.303 e. The number of rotatable bonds is 4. The van der Waals surface area contributed by atoms with Crippen LogP contribution in [0.4, 0.5) is 0 Å². The molecule has 7 nitrogen and oxygen atoms in total. The average molecular weight is 463 g/mol. The number of carbonyl (C=O) groups is 3. The van der Waals surface area contributed by atoms with E-state index >= 15 is 0 Å². The van der Waals surface area contributed by atoms with Gasteiger partial charge in [0.2, 0.25) is 0 Å². The second kappa shape index (κ2) is 9.24. The molecule has 0 aromatic heterocycles. The fourth-order valence-electron chi connectivity index (χ4n) is 6.41. The maximum Gasteiger partial charge on any atom is 0.303 e. The summed E-state index contributed by atoms with van der Waals surface area (Å²) in [6, 6.07) is 0. The van der Waals surface area contributed by atoms with Crippen LogP contribution in [0.3, 0.4) is 0 Å². The molecule has 1 fully saturated rings. The van der Waals surface area contributed by atoms with E-state index < -0.39 is 35.3 Å². The van der Waals surface area contributed by atoms with Gasteiger partial charge in [0.15, 0.2) is 0 Å². The molecule has 2 bridgehead atoms. The molecule has 0 aromatic carbocycles. The Morgan fingerprint density at radius 1 is 1.09 bits per heavy atom. The highest BCUT2D eigenvalue weighted by atomic mass is 16.6. The predicted molar refractivity (Wildman–Crippen MR) is 122 cm³/mol. The maximum atomic E-state index is 12.2. The van der Waals surface area contributed by atoms with Crippen LogP contribution in [-0.4, -0.2) is 47.4 Å². The molecule has 1 saturated heterocycles. The van der Waals surface area contributed by atoms with E-state index in [1.165, 1.54) is 26.3 Å². The van der Waals surface area contributed by atoms with Crippen molar-refractivity contribution in [2.24, 2.45) is 17.8 Å². The highest BCUT2D eigenvalue weighted by Gasteiger charge is 2.62. The summed E-state index contributed by atoms with van der Waals surface area (Å²) in [5, 5.41) is 0. The van der Waals surface area contributed by atoms with E-state index in [0.717, 1.165) is 18.4 Å². The Kier molecular flexibility index (Phi) is 7.13. The van der Waals surface area contributed by atoms with E-state index in [1.807, 2.05) is 33.8 Å².